The number of halogens is 1. The van der Waals surface area contributed by atoms with Gasteiger partial charge in [0.2, 0.25) is 5.91 Å². The summed E-state index contributed by atoms with van der Waals surface area (Å²) in [5, 5.41) is 6.18. The quantitative estimate of drug-likeness (QED) is 0.372. The molecule has 2 rings (SSSR count). The maximum atomic E-state index is 11.5. The Morgan fingerprint density at radius 1 is 1.42 bits per heavy atom. The Kier molecular flexibility index (Phi) is 10.0. The maximum absolute atomic E-state index is 11.5. The van der Waals surface area contributed by atoms with Crippen molar-refractivity contribution < 1.29 is 9.21 Å². The van der Waals surface area contributed by atoms with Gasteiger partial charge in [0.25, 0.3) is 0 Å². The van der Waals surface area contributed by atoms with Crippen LogP contribution in [0.2, 0.25) is 0 Å². The molecular formula is C18H32IN5O2. The van der Waals surface area contributed by atoms with Crippen LogP contribution in [0.25, 0.3) is 0 Å². The van der Waals surface area contributed by atoms with Gasteiger partial charge in [0, 0.05) is 40.2 Å². The van der Waals surface area contributed by atoms with Crippen molar-refractivity contribution in [3.63, 3.8) is 0 Å². The fourth-order valence-corrected chi connectivity index (χ4v) is 3.25. The molecule has 8 heteroatoms. The Morgan fingerprint density at radius 2 is 2.12 bits per heavy atom. The molecule has 0 radical (unpaired) electrons. The van der Waals surface area contributed by atoms with E-state index in [2.05, 4.69) is 25.4 Å². The van der Waals surface area contributed by atoms with Gasteiger partial charge in [-0.2, -0.15) is 0 Å². The van der Waals surface area contributed by atoms with E-state index in [0.717, 1.165) is 44.2 Å². The minimum absolute atomic E-state index is 0. The van der Waals surface area contributed by atoms with E-state index in [9.17, 15) is 4.79 Å². The Balaban J connectivity index is 0.00000338. The Morgan fingerprint density at radius 3 is 2.62 bits per heavy atom. The van der Waals surface area contributed by atoms with E-state index >= 15 is 0 Å². The highest BCUT2D eigenvalue weighted by Crippen LogP contribution is 2.21. The summed E-state index contributed by atoms with van der Waals surface area (Å²) in [6, 6.07) is 4.06. The average molecular weight is 477 g/mol. The summed E-state index contributed by atoms with van der Waals surface area (Å²) in [4.78, 5) is 20.4. The van der Waals surface area contributed by atoms with E-state index in [1.807, 2.05) is 33.3 Å². The number of nitrogens with zero attached hydrogens (tertiary/aromatic N) is 3. The molecule has 26 heavy (non-hydrogen) atoms. The van der Waals surface area contributed by atoms with E-state index in [1.165, 1.54) is 0 Å². The highest BCUT2D eigenvalue weighted by molar-refractivity contribution is 14.0. The Bertz CT molecular complexity index is 554. The number of furan rings is 1. The number of rotatable bonds is 6. The zero-order chi connectivity index (χ0) is 18.2. The molecule has 0 bridgehead atoms. The molecule has 0 aromatic carbocycles. The molecule has 0 spiro atoms. The number of nitrogens with one attached hydrogen (secondary N) is 2. The third kappa shape index (κ3) is 6.46. The van der Waals surface area contributed by atoms with Gasteiger partial charge in [-0.05, 0) is 45.0 Å². The summed E-state index contributed by atoms with van der Waals surface area (Å²) in [6.45, 7) is 2.58. The molecule has 1 aliphatic heterocycles. The predicted octanol–water partition coefficient (Wildman–Crippen LogP) is 1.92. The number of carbonyl (C=O) groups excluding carboxylic acids is 1. The van der Waals surface area contributed by atoms with Gasteiger partial charge in [-0.25, -0.2) is 0 Å². The molecule has 1 aromatic rings. The molecule has 1 amide bonds. The van der Waals surface area contributed by atoms with Gasteiger partial charge >= 0.3 is 0 Å². The van der Waals surface area contributed by atoms with Gasteiger partial charge in [-0.15, -0.1) is 24.0 Å². The van der Waals surface area contributed by atoms with Gasteiger partial charge in [-0.1, -0.05) is 0 Å². The number of likely N-dealkylation sites (N-methyl/N-ethyl adjacent to an activating group) is 1. The minimum atomic E-state index is 0. The lowest BCUT2D eigenvalue weighted by Gasteiger charge is -2.35. The number of likely N-dealkylation sites (tertiary alicyclic amines) is 1. The van der Waals surface area contributed by atoms with Crippen LogP contribution in [-0.2, 0) is 4.79 Å². The zero-order valence-electron chi connectivity index (χ0n) is 16.2. The first-order chi connectivity index (χ1) is 12.0. The average Bonchev–Trinajstić information content (AvgIpc) is 3.13. The summed E-state index contributed by atoms with van der Waals surface area (Å²) in [5.74, 6) is 2.45. The summed E-state index contributed by atoms with van der Waals surface area (Å²) in [7, 11) is 7.60. The molecule has 2 N–H and O–H groups in total. The third-order valence-electron chi connectivity index (χ3n) is 4.83. The molecule has 1 aromatic heterocycles. The Hall–Kier alpha value is -1.29. The fraction of sp³-hybridized carbons (Fsp3) is 0.667. The monoisotopic (exact) mass is 477 g/mol. The van der Waals surface area contributed by atoms with E-state index < -0.39 is 0 Å². The number of amides is 1. The molecule has 1 aliphatic rings. The number of hydrogen-bond acceptors (Lipinski definition) is 4. The third-order valence-corrected chi connectivity index (χ3v) is 4.83. The normalized spacial score (nSPS) is 17.0. The molecule has 148 valence electrons. The van der Waals surface area contributed by atoms with Crippen LogP contribution < -0.4 is 10.6 Å². The second-order valence-electron chi connectivity index (χ2n) is 6.73. The van der Waals surface area contributed by atoms with Crippen LogP contribution in [0.15, 0.2) is 27.8 Å². The van der Waals surface area contributed by atoms with Crippen LogP contribution in [0.4, 0.5) is 0 Å². The topological polar surface area (TPSA) is 73.1 Å². The van der Waals surface area contributed by atoms with Crippen molar-refractivity contribution in [2.45, 2.75) is 25.3 Å². The van der Waals surface area contributed by atoms with E-state index in [0.29, 0.717) is 12.3 Å². The highest BCUT2D eigenvalue weighted by atomic mass is 127. The van der Waals surface area contributed by atoms with Crippen molar-refractivity contribution >= 4 is 35.8 Å². The molecule has 0 saturated carbocycles. The standard InChI is InChI=1S/C18H31N5O2.HI/c1-19-17(24)12-14-7-9-23(10-8-14)18(20-2)21-13-15(22(3)4)16-6-5-11-25-16;/h5-6,11,14-15H,7-10,12-13H2,1-4H3,(H,19,24)(H,20,21);1H. The second kappa shape index (κ2) is 11.4. The van der Waals surface area contributed by atoms with E-state index in [4.69, 9.17) is 4.42 Å². The molecule has 1 atom stereocenters. The summed E-state index contributed by atoms with van der Waals surface area (Å²) < 4.78 is 5.56. The highest BCUT2D eigenvalue weighted by Gasteiger charge is 2.24. The van der Waals surface area contributed by atoms with Gasteiger partial charge < -0.3 is 20.0 Å². The van der Waals surface area contributed by atoms with E-state index in [1.54, 1.807) is 13.3 Å². The number of guanidine groups is 1. The molecule has 0 aliphatic carbocycles. The minimum Gasteiger partial charge on any atom is -0.468 e. The van der Waals surface area contributed by atoms with Crippen LogP contribution in [0, 0.1) is 5.92 Å². The first-order valence-corrected chi connectivity index (χ1v) is 8.91. The molecule has 1 fully saturated rings. The SMILES string of the molecule is CN=C(NCC(c1ccco1)N(C)C)N1CCC(CC(=O)NC)CC1.I. The van der Waals surface area contributed by atoms with Crippen LogP contribution in [0.5, 0.6) is 0 Å². The largest absolute Gasteiger partial charge is 0.468 e. The number of hydrogen-bond donors (Lipinski definition) is 2. The molecule has 2 heterocycles. The number of carbonyl (C=O) groups is 1. The molecule has 1 unspecified atom stereocenters. The molecule has 7 nitrogen and oxygen atoms in total. The summed E-state index contributed by atoms with van der Waals surface area (Å²) >= 11 is 0. The fourth-order valence-electron chi connectivity index (χ4n) is 3.25. The van der Waals surface area contributed by atoms with Gasteiger partial charge in [0.15, 0.2) is 5.96 Å². The lowest BCUT2D eigenvalue weighted by atomic mass is 9.93. The van der Waals surface area contributed by atoms with Crippen LogP contribution in [0.3, 0.4) is 0 Å². The molecule has 1 saturated heterocycles. The first kappa shape index (κ1) is 22.8. The van der Waals surface area contributed by atoms with Crippen LogP contribution >= 0.6 is 24.0 Å². The maximum Gasteiger partial charge on any atom is 0.220 e. The second-order valence-corrected chi connectivity index (χ2v) is 6.73. The predicted molar refractivity (Wildman–Crippen MR) is 115 cm³/mol. The van der Waals surface area contributed by atoms with Gasteiger partial charge in [-0.3, -0.25) is 14.7 Å². The Labute approximate surface area is 173 Å². The lowest BCUT2D eigenvalue weighted by molar-refractivity contribution is -0.121. The number of piperidine rings is 1. The summed E-state index contributed by atoms with van der Waals surface area (Å²) in [5.41, 5.74) is 0. The number of aliphatic imine (C=N–C) groups is 1. The summed E-state index contributed by atoms with van der Waals surface area (Å²) in [6.07, 6.45) is 4.36. The van der Waals surface area contributed by atoms with Crippen molar-refractivity contribution in [3.05, 3.63) is 24.2 Å². The van der Waals surface area contributed by atoms with Crippen molar-refractivity contribution in [2.75, 3.05) is 47.8 Å². The lowest BCUT2D eigenvalue weighted by Crippen LogP contribution is -2.47. The van der Waals surface area contributed by atoms with Crippen LogP contribution in [-0.4, -0.2) is 69.5 Å². The molecular weight excluding hydrogens is 445 g/mol. The van der Waals surface area contributed by atoms with Crippen molar-refractivity contribution in [1.82, 2.24) is 20.4 Å². The van der Waals surface area contributed by atoms with Crippen molar-refractivity contribution in [3.8, 4) is 0 Å². The smallest absolute Gasteiger partial charge is 0.220 e. The van der Waals surface area contributed by atoms with Crippen molar-refractivity contribution in [2.24, 2.45) is 10.9 Å². The van der Waals surface area contributed by atoms with E-state index in [-0.39, 0.29) is 35.9 Å². The van der Waals surface area contributed by atoms with Gasteiger partial charge in [0.05, 0.1) is 12.3 Å². The first-order valence-electron chi connectivity index (χ1n) is 8.91. The van der Waals surface area contributed by atoms with Crippen molar-refractivity contribution in [1.29, 1.82) is 0 Å². The zero-order valence-corrected chi connectivity index (χ0v) is 18.5. The van der Waals surface area contributed by atoms with Gasteiger partial charge in [0.1, 0.15) is 5.76 Å². The van der Waals surface area contributed by atoms with Crippen LogP contribution in [0.1, 0.15) is 31.1 Å².